The van der Waals surface area contributed by atoms with Crippen LogP contribution in [0.3, 0.4) is 0 Å². The fraction of sp³-hybridized carbons (Fsp3) is 0.600. The Balaban J connectivity index is 2.25. The van der Waals surface area contributed by atoms with Gasteiger partial charge in [0.1, 0.15) is 0 Å². The van der Waals surface area contributed by atoms with E-state index in [2.05, 4.69) is 25.2 Å². The molecular formula is C10H14. The average Bonchev–Trinajstić information content (AvgIpc) is 2.06. The number of rotatable bonds is 1. The van der Waals surface area contributed by atoms with Gasteiger partial charge in [-0.3, -0.25) is 0 Å². The lowest BCUT2D eigenvalue weighted by Gasteiger charge is -2.29. The monoisotopic (exact) mass is 134 g/mol. The zero-order chi connectivity index (χ0) is 6.97. The standard InChI is InChI=1S/C10H14/c1-2-9-7-8-3-5-10(9)6-4-8/h3,5,7-8,10H,2,4,6H2,1H3. The van der Waals surface area contributed by atoms with E-state index >= 15 is 0 Å². The molecule has 54 valence electrons. The van der Waals surface area contributed by atoms with Crippen LogP contribution in [0.25, 0.3) is 0 Å². The molecule has 2 bridgehead atoms. The Morgan fingerprint density at radius 3 is 2.60 bits per heavy atom. The van der Waals surface area contributed by atoms with Crippen molar-refractivity contribution in [3.8, 4) is 0 Å². The van der Waals surface area contributed by atoms with Crippen LogP contribution in [0.1, 0.15) is 26.2 Å². The van der Waals surface area contributed by atoms with E-state index in [9.17, 15) is 0 Å². The summed E-state index contributed by atoms with van der Waals surface area (Å²) in [6.07, 6.45) is 11.3. The first-order valence-electron chi connectivity index (χ1n) is 4.29. The lowest BCUT2D eigenvalue weighted by atomic mass is 9.76. The molecule has 0 aromatic heterocycles. The number of fused-ring (bicyclic) bond motifs is 1. The summed E-state index contributed by atoms with van der Waals surface area (Å²) in [7, 11) is 0. The fourth-order valence-electron chi connectivity index (χ4n) is 2.07. The second-order valence-electron chi connectivity index (χ2n) is 3.33. The van der Waals surface area contributed by atoms with Crippen molar-refractivity contribution in [3.05, 3.63) is 23.8 Å². The van der Waals surface area contributed by atoms with Gasteiger partial charge in [0.05, 0.1) is 0 Å². The van der Waals surface area contributed by atoms with E-state index < -0.39 is 0 Å². The van der Waals surface area contributed by atoms with Gasteiger partial charge in [0, 0.05) is 0 Å². The summed E-state index contributed by atoms with van der Waals surface area (Å²) in [5.41, 5.74) is 1.68. The first kappa shape index (κ1) is 6.21. The van der Waals surface area contributed by atoms with Crippen LogP contribution >= 0.6 is 0 Å². The number of hydrogen-bond acceptors (Lipinski definition) is 0. The third-order valence-corrected chi connectivity index (χ3v) is 2.71. The molecule has 0 N–H and O–H groups in total. The second kappa shape index (κ2) is 2.26. The highest BCUT2D eigenvalue weighted by Crippen LogP contribution is 2.36. The molecule has 2 atom stereocenters. The van der Waals surface area contributed by atoms with Crippen LogP contribution < -0.4 is 0 Å². The van der Waals surface area contributed by atoms with Crippen LogP contribution in [0.15, 0.2) is 23.8 Å². The SMILES string of the molecule is CCC1=CC2C=CC1CC2. The maximum Gasteiger partial charge on any atom is -0.00226 e. The molecule has 0 amide bonds. The lowest BCUT2D eigenvalue weighted by Crippen LogP contribution is -2.16. The van der Waals surface area contributed by atoms with Crippen molar-refractivity contribution in [1.29, 1.82) is 0 Å². The maximum atomic E-state index is 2.47. The van der Waals surface area contributed by atoms with Crippen molar-refractivity contribution in [2.75, 3.05) is 0 Å². The van der Waals surface area contributed by atoms with Gasteiger partial charge in [-0.2, -0.15) is 0 Å². The Labute approximate surface area is 62.6 Å². The predicted molar refractivity (Wildman–Crippen MR) is 43.7 cm³/mol. The smallest absolute Gasteiger partial charge is 0.00226 e. The van der Waals surface area contributed by atoms with Crippen LogP contribution in [0.4, 0.5) is 0 Å². The number of hydrogen-bond donors (Lipinski definition) is 0. The molecular weight excluding hydrogens is 120 g/mol. The molecule has 0 aliphatic heterocycles. The van der Waals surface area contributed by atoms with Crippen molar-refractivity contribution in [2.45, 2.75) is 26.2 Å². The zero-order valence-corrected chi connectivity index (χ0v) is 6.51. The van der Waals surface area contributed by atoms with Crippen LogP contribution in [-0.2, 0) is 0 Å². The molecule has 0 aromatic rings. The number of allylic oxidation sites excluding steroid dienone is 4. The van der Waals surface area contributed by atoms with E-state index in [0.29, 0.717) is 0 Å². The van der Waals surface area contributed by atoms with E-state index in [0.717, 1.165) is 11.8 Å². The Kier molecular flexibility index (Phi) is 1.40. The van der Waals surface area contributed by atoms with Gasteiger partial charge < -0.3 is 0 Å². The quantitative estimate of drug-likeness (QED) is 0.484. The second-order valence-corrected chi connectivity index (χ2v) is 3.33. The molecule has 0 heterocycles. The van der Waals surface area contributed by atoms with Crippen LogP contribution in [0.5, 0.6) is 0 Å². The van der Waals surface area contributed by atoms with Crippen molar-refractivity contribution in [2.24, 2.45) is 11.8 Å². The van der Waals surface area contributed by atoms with Crippen molar-refractivity contribution >= 4 is 0 Å². The molecule has 3 rings (SSSR count). The summed E-state index contributed by atoms with van der Waals surface area (Å²) >= 11 is 0. The zero-order valence-electron chi connectivity index (χ0n) is 6.51. The molecule has 0 aromatic carbocycles. The normalized spacial score (nSPS) is 36.3. The van der Waals surface area contributed by atoms with Gasteiger partial charge in [0.15, 0.2) is 0 Å². The van der Waals surface area contributed by atoms with Gasteiger partial charge >= 0.3 is 0 Å². The largest absolute Gasteiger partial charge is 0.0810 e. The van der Waals surface area contributed by atoms with Crippen LogP contribution in [0.2, 0.25) is 0 Å². The Hall–Kier alpha value is -0.520. The Morgan fingerprint density at radius 1 is 1.40 bits per heavy atom. The van der Waals surface area contributed by atoms with Gasteiger partial charge in [0.2, 0.25) is 0 Å². The van der Waals surface area contributed by atoms with Gasteiger partial charge in [-0.1, -0.05) is 30.7 Å². The van der Waals surface area contributed by atoms with E-state index in [1.807, 2.05) is 0 Å². The van der Waals surface area contributed by atoms with Crippen molar-refractivity contribution in [3.63, 3.8) is 0 Å². The molecule has 0 spiro atoms. The molecule has 3 aliphatic carbocycles. The molecule has 0 radical (unpaired) electrons. The Bertz CT molecular complexity index is 186. The van der Waals surface area contributed by atoms with E-state index in [1.165, 1.54) is 19.3 Å². The molecule has 0 fully saturated rings. The highest BCUT2D eigenvalue weighted by molar-refractivity contribution is 5.25. The summed E-state index contributed by atoms with van der Waals surface area (Å²) in [5.74, 6) is 1.61. The molecule has 10 heavy (non-hydrogen) atoms. The predicted octanol–water partition coefficient (Wildman–Crippen LogP) is 2.92. The minimum Gasteiger partial charge on any atom is -0.0810 e. The average molecular weight is 134 g/mol. The third kappa shape index (κ3) is 0.828. The van der Waals surface area contributed by atoms with Gasteiger partial charge in [0.25, 0.3) is 0 Å². The van der Waals surface area contributed by atoms with Gasteiger partial charge in [-0.15, -0.1) is 0 Å². The van der Waals surface area contributed by atoms with Gasteiger partial charge in [-0.05, 0) is 31.1 Å². The first-order valence-corrected chi connectivity index (χ1v) is 4.29. The van der Waals surface area contributed by atoms with Crippen LogP contribution in [0, 0.1) is 11.8 Å². The molecule has 0 nitrogen and oxygen atoms in total. The van der Waals surface area contributed by atoms with E-state index in [1.54, 1.807) is 5.57 Å². The summed E-state index contributed by atoms with van der Waals surface area (Å²) in [6.45, 7) is 2.26. The van der Waals surface area contributed by atoms with E-state index in [4.69, 9.17) is 0 Å². The fourth-order valence-corrected chi connectivity index (χ4v) is 2.07. The molecule has 3 aliphatic rings. The first-order chi connectivity index (χ1) is 4.90. The summed E-state index contributed by atoms with van der Waals surface area (Å²) in [5, 5.41) is 0. The topological polar surface area (TPSA) is 0 Å². The third-order valence-electron chi connectivity index (χ3n) is 2.71. The maximum absolute atomic E-state index is 2.47. The minimum absolute atomic E-state index is 0.792. The van der Waals surface area contributed by atoms with Crippen molar-refractivity contribution < 1.29 is 0 Å². The van der Waals surface area contributed by atoms with Crippen molar-refractivity contribution in [1.82, 2.24) is 0 Å². The summed E-state index contributed by atoms with van der Waals surface area (Å²) < 4.78 is 0. The van der Waals surface area contributed by atoms with E-state index in [-0.39, 0.29) is 0 Å². The molecule has 0 saturated carbocycles. The highest BCUT2D eigenvalue weighted by atomic mass is 14.3. The Morgan fingerprint density at radius 2 is 2.30 bits per heavy atom. The lowest BCUT2D eigenvalue weighted by molar-refractivity contribution is 0.495. The van der Waals surface area contributed by atoms with Crippen LogP contribution in [-0.4, -0.2) is 0 Å². The molecule has 2 unspecified atom stereocenters. The minimum atomic E-state index is 0.792. The summed E-state index contributed by atoms with van der Waals surface area (Å²) in [6, 6.07) is 0. The summed E-state index contributed by atoms with van der Waals surface area (Å²) in [4.78, 5) is 0. The van der Waals surface area contributed by atoms with Gasteiger partial charge in [-0.25, -0.2) is 0 Å². The highest BCUT2D eigenvalue weighted by Gasteiger charge is 2.22. The molecule has 0 saturated heterocycles. The molecule has 0 heteroatoms.